The van der Waals surface area contributed by atoms with Crippen LogP contribution in [0, 0.1) is 0 Å². The minimum atomic E-state index is -3.39. The van der Waals surface area contributed by atoms with Crippen LogP contribution in [0.15, 0.2) is 18.2 Å². The van der Waals surface area contributed by atoms with E-state index in [0.29, 0.717) is 18.1 Å². The Morgan fingerprint density at radius 3 is 2.81 bits per heavy atom. The standard InChI is InChI=1S/C13H17NO5S2/c1-19-10-5-3-4-9(12(10)15)13(16)14-6-7-20-8-11(14)21(2,17)18/h3-5,11,15H,6-8H2,1-2H3. The molecule has 0 aromatic heterocycles. The molecular formula is C13H17NO5S2. The molecule has 1 aromatic rings. The smallest absolute Gasteiger partial charge is 0.258 e. The Hall–Kier alpha value is -1.41. The molecule has 1 saturated heterocycles. The van der Waals surface area contributed by atoms with E-state index < -0.39 is 21.1 Å². The summed E-state index contributed by atoms with van der Waals surface area (Å²) in [7, 11) is -2.00. The van der Waals surface area contributed by atoms with Crippen molar-refractivity contribution in [1.29, 1.82) is 0 Å². The second kappa shape index (κ2) is 6.15. The Balaban J connectivity index is 2.38. The first-order valence-corrected chi connectivity index (χ1v) is 9.40. The molecule has 1 amide bonds. The van der Waals surface area contributed by atoms with E-state index in [9.17, 15) is 18.3 Å². The van der Waals surface area contributed by atoms with Crippen LogP contribution in [0.4, 0.5) is 0 Å². The number of methoxy groups -OCH3 is 1. The largest absolute Gasteiger partial charge is 0.504 e. The molecule has 0 bridgehead atoms. The molecule has 0 saturated carbocycles. The third-order valence-corrected chi connectivity index (χ3v) is 5.93. The molecule has 1 aromatic carbocycles. The number of hydrogen-bond acceptors (Lipinski definition) is 6. The summed E-state index contributed by atoms with van der Waals surface area (Å²) < 4.78 is 28.7. The molecule has 21 heavy (non-hydrogen) atoms. The molecule has 1 heterocycles. The van der Waals surface area contributed by atoms with Gasteiger partial charge in [-0.25, -0.2) is 8.42 Å². The van der Waals surface area contributed by atoms with E-state index in [1.165, 1.54) is 35.9 Å². The Morgan fingerprint density at radius 1 is 1.48 bits per heavy atom. The van der Waals surface area contributed by atoms with E-state index in [4.69, 9.17) is 4.74 Å². The Bertz CT molecular complexity index is 644. The van der Waals surface area contributed by atoms with Crippen LogP contribution in [0.5, 0.6) is 11.5 Å². The highest BCUT2D eigenvalue weighted by molar-refractivity contribution is 8.00. The lowest BCUT2D eigenvalue weighted by molar-refractivity contribution is 0.0746. The molecule has 1 N–H and O–H groups in total. The van der Waals surface area contributed by atoms with Crippen molar-refractivity contribution in [2.75, 3.05) is 31.4 Å². The number of para-hydroxylation sites is 1. The van der Waals surface area contributed by atoms with Gasteiger partial charge in [0.05, 0.1) is 12.7 Å². The summed E-state index contributed by atoms with van der Waals surface area (Å²) >= 11 is 1.50. The Morgan fingerprint density at radius 2 is 2.19 bits per heavy atom. The highest BCUT2D eigenvalue weighted by atomic mass is 32.2. The molecular weight excluding hydrogens is 314 g/mol. The number of carbonyl (C=O) groups excluding carboxylic acids is 1. The van der Waals surface area contributed by atoms with Crippen molar-refractivity contribution in [2.24, 2.45) is 0 Å². The van der Waals surface area contributed by atoms with Gasteiger partial charge in [-0.1, -0.05) is 6.07 Å². The SMILES string of the molecule is COc1cccc(C(=O)N2CCSCC2S(C)(=O)=O)c1O. The average Bonchev–Trinajstić information content (AvgIpc) is 2.46. The first-order valence-electron chi connectivity index (χ1n) is 6.30. The van der Waals surface area contributed by atoms with Crippen molar-refractivity contribution in [3.8, 4) is 11.5 Å². The zero-order valence-electron chi connectivity index (χ0n) is 11.8. The Labute approximate surface area is 128 Å². The van der Waals surface area contributed by atoms with E-state index in [0.717, 1.165) is 6.26 Å². The summed E-state index contributed by atoms with van der Waals surface area (Å²) in [6, 6.07) is 4.58. The van der Waals surface area contributed by atoms with Crippen LogP contribution in [0.3, 0.4) is 0 Å². The predicted octanol–water partition coefficient (Wildman–Crippen LogP) is 0.960. The van der Waals surface area contributed by atoms with Gasteiger partial charge in [0.25, 0.3) is 5.91 Å². The Kier molecular flexibility index (Phi) is 4.67. The van der Waals surface area contributed by atoms with Crippen LogP contribution in [-0.4, -0.2) is 61.1 Å². The normalized spacial score (nSPS) is 19.3. The number of thioether (sulfide) groups is 1. The van der Waals surface area contributed by atoms with Crippen LogP contribution in [0.1, 0.15) is 10.4 Å². The van der Waals surface area contributed by atoms with Gasteiger partial charge in [-0.15, -0.1) is 0 Å². The third-order valence-electron chi connectivity index (χ3n) is 3.29. The number of carbonyl (C=O) groups is 1. The first-order chi connectivity index (χ1) is 9.86. The maximum Gasteiger partial charge on any atom is 0.258 e. The minimum Gasteiger partial charge on any atom is -0.504 e. The van der Waals surface area contributed by atoms with E-state index in [1.54, 1.807) is 6.07 Å². The highest BCUT2D eigenvalue weighted by Crippen LogP contribution is 2.32. The monoisotopic (exact) mass is 331 g/mol. The molecule has 8 heteroatoms. The summed E-state index contributed by atoms with van der Waals surface area (Å²) in [4.78, 5) is 13.9. The fraction of sp³-hybridized carbons (Fsp3) is 0.462. The predicted molar refractivity (Wildman–Crippen MR) is 81.7 cm³/mol. The van der Waals surface area contributed by atoms with Gasteiger partial charge in [0, 0.05) is 24.3 Å². The third kappa shape index (κ3) is 3.26. The van der Waals surface area contributed by atoms with Gasteiger partial charge in [0.15, 0.2) is 21.3 Å². The zero-order chi connectivity index (χ0) is 15.6. The molecule has 2 rings (SSSR count). The van der Waals surface area contributed by atoms with Gasteiger partial charge < -0.3 is 14.7 Å². The van der Waals surface area contributed by atoms with Crippen LogP contribution < -0.4 is 4.74 Å². The molecule has 0 radical (unpaired) electrons. The number of aromatic hydroxyl groups is 1. The van der Waals surface area contributed by atoms with E-state index in [-0.39, 0.29) is 17.1 Å². The number of sulfone groups is 1. The lowest BCUT2D eigenvalue weighted by atomic mass is 10.1. The van der Waals surface area contributed by atoms with Crippen LogP contribution >= 0.6 is 11.8 Å². The van der Waals surface area contributed by atoms with Crippen molar-refractivity contribution in [1.82, 2.24) is 4.90 Å². The molecule has 1 unspecified atom stereocenters. The van der Waals surface area contributed by atoms with Crippen molar-refractivity contribution < 1.29 is 23.1 Å². The summed E-state index contributed by atoms with van der Waals surface area (Å²) in [6.45, 7) is 0.331. The average molecular weight is 331 g/mol. The van der Waals surface area contributed by atoms with Crippen LogP contribution in [-0.2, 0) is 9.84 Å². The molecule has 116 valence electrons. The van der Waals surface area contributed by atoms with Gasteiger partial charge in [0.1, 0.15) is 5.37 Å². The van der Waals surface area contributed by atoms with Crippen molar-refractivity contribution >= 4 is 27.5 Å². The maximum atomic E-state index is 12.6. The molecule has 1 aliphatic rings. The minimum absolute atomic E-state index is 0.0508. The van der Waals surface area contributed by atoms with Crippen LogP contribution in [0.2, 0.25) is 0 Å². The summed E-state index contributed by atoms with van der Waals surface area (Å²) in [5.74, 6) is 0.429. The van der Waals surface area contributed by atoms with Gasteiger partial charge in [-0.2, -0.15) is 11.8 Å². The summed E-state index contributed by atoms with van der Waals surface area (Å²) in [5, 5.41) is 9.19. The number of benzene rings is 1. The van der Waals surface area contributed by atoms with Gasteiger partial charge >= 0.3 is 0 Å². The molecule has 0 aliphatic carbocycles. The fourth-order valence-corrected chi connectivity index (χ4v) is 5.00. The van der Waals surface area contributed by atoms with Crippen molar-refractivity contribution in [2.45, 2.75) is 5.37 Å². The van der Waals surface area contributed by atoms with Gasteiger partial charge in [0.2, 0.25) is 0 Å². The molecule has 0 spiro atoms. The van der Waals surface area contributed by atoms with Crippen molar-refractivity contribution in [3.05, 3.63) is 23.8 Å². The number of nitrogens with zero attached hydrogens (tertiary/aromatic N) is 1. The molecule has 1 aliphatic heterocycles. The number of rotatable bonds is 3. The number of hydrogen-bond donors (Lipinski definition) is 1. The second-order valence-corrected chi connectivity index (χ2v) is 8.07. The summed E-state index contributed by atoms with van der Waals surface area (Å²) in [6.07, 6.45) is 1.12. The maximum absolute atomic E-state index is 12.6. The molecule has 1 fully saturated rings. The van der Waals surface area contributed by atoms with Gasteiger partial charge in [-0.3, -0.25) is 4.79 Å². The number of phenolic OH excluding ortho intramolecular Hbond substituents is 1. The van der Waals surface area contributed by atoms with E-state index in [2.05, 4.69) is 0 Å². The number of amides is 1. The molecule has 6 nitrogen and oxygen atoms in total. The van der Waals surface area contributed by atoms with Crippen molar-refractivity contribution in [3.63, 3.8) is 0 Å². The lowest BCUT2D eigenvalue weighted by Crippen LogP contribution is -2.49. The number of phenols is 1. The lowest BCUT2D eigenvalue weighted by Gasteiger charge is -2.34. The fourth-order valence-electron chi connectivity index (χ4n) is 2.18. The summed E-state index contributed by atoms with van der Waals surface area (Å²) in [5.41, 5.74) is 0.0508. The van der Waals surface area contributed by atoms with Gasteiger partial charge in [-0.05, 0) is 12.1 Å². The second-order valence-electron chi connectivity index (χ2n) is 4.71. The van der Waals surface area contributed by atoms with Crippen LogP contribution in [0.25, 0.3) is 0 Å². The highest BCUT2D eigenvalue weighted by Gasteiger charge is 2.35. The molecule has 1 atom stereocenters. The number of ether oxygens (including phenoxy) is 1. The quantitative estimate of drug-likeness (QED) is 0.888. The first kappa shape index (κ1) is 16.0. The topological polar surface area (TPSA) is 83.9 Å². The zero-order valence-corrected chi connectivity index (χ0v) is 13.4. The van der Waals surface area contributed by atoms with E-state index >= 15 is 0 Å². The van der Waals surface area contributed by atoms with E-state index in [1.807, 2.05) is 0 Å².